The Balaban J connectivity index is 1.35. The van der Waals surface area contributed by atoms with Crippen molar-refractivity contribution in [3.8, 4) is 11.1 Å². The van der Waals surface area contributed by atoms with Crippen LogP contribution in [0.3, 0.4) is 0 Å². The van der Waals surface area contributed by atoms with Crippen LogP contribution < -0.4 is 10.2 Å². The molecule has 7 nitrogen and oxygen atoms in total. The summed E-state index contributed by atoms with van der Waals surface area (Å²) < 4.78 is 2.15. The van der Waals surface area contributed by atoms with Gasteiger partial charge in [0.15, 0.2) is 0 Å². The number of nitrogens with zero attached hydrogens (tertiary/aromatic N) is 6. The summed E-state index contributed by atoms with van der Waals surface area (Å²) in [7, 11) is 2.07. The lowest BCUT2D eigenvalue weighted by molar-refractivity contribution is 0.806. The number of hydrogen-bond acceptors (Lipinski definition) is 6. The summed E-state index contributed by atoms with van der Waals surface area (Å²) in [5, 5.41) is 4.96. The van der Waals surface area contributed by atoms with Crippen LogP contribution in [0.2, 0.25) is 0 Å². The summed E-state index contributed by atoms with van der Waals surface area (Å²) >= 11 is 0. The van der Waals surface area contributed by atoms with Gasteiger partial charge in [0, 0.05) is 67.7 Å². The molecule has 0 spiro atoms. The summed E-state index contributed by atoms with van der Waals surface area (Å²) in [6, 6.07) is 15.3. The van der Waals surface area contributed by atoms with E-state index >= 15 is 0 Å². The Bertz CT molecular complexity index is 1410. The van der Waals surface area contributed by atoms with E-state index in [4.69, 9.17) is 0 Å². The van der Waals surface area contributed by atoms with E-state index in [0.29, 0.717) is 6.04 Å². The van der Waals surface area contributed by atoms with Gasteiger partial charge in [-0.15, -0.1) is 0 Å². The van der Waals surface area contributed by atoms with Gasteiger partial charge >= 0.3 is 0 Å². The Morgan fingerprint density at radius 2 is 1.91 bits per heavy atom. The Labute approximate surface area is 185 Å². The van der Waals surface area contributed by atoms with E-state index in [2.05, 4.69) is 84.4 Å². The predicted octanol–water partition coefficient (Wildman–Crippen LogP) is 4.27. The van der Waals surface area contributed by atoms with E-state index in [0.717, 1.165) is 53.2 Å². The van der Waals surface area contributed by atoms with Gasteiger partial charge in [0.05, 0.1) is 11.0 Å². The molecular formula is C25H23N7. The summed E-state index contributed by atoms with van der Waals surface area (Å²) in [6.45, 7) is 1.87. The highest BCUT2D eigenvalue weighted by Crippen LogP contribution is 2.33. The third-order valence-corrected chi connectivity index (χ3v) is 6.22. The second-order valence-corrected chi connectivity index (χ2v) is 8.29. The fraction of sp³-hybridized carbons (Fsp3) is 0.200. The van der Waals surface area contributed by atoms with Gasteiger partial charge in [-0.05, 0) is 47.7 Å². The maximum atomic E-state index is 4.65. The van der Waals surface area contributed by atoms with Crippen molar-refractivity contribution in [2.45, 2.75) is 12.5 Å². The van der Waals surface area contributed by atoms with Crippen molar-refractivity contribution in [2.75, 3.05) is 23.3 Å². The van der Waals surface area contributed by atoms with Gasteiger partial charge in [-0.3, -0.25) is 9.97 Å². The fourth-order valence-corrected chi connectivity index (χ4v) is 4.60. The maximum Gasteiger partial charge on any atom is 0.131 e. The predicted molar refractivity (Wildman–Crippen MR) is 128 cm³/mol. The number of rotatable bonds is 4. The largest absolute Gasteiger partial charge is 0.380 e. The number of nitrogens with one attached hydrogen (secondary N) is 1. The molecule has 5 aromatic rings. The van der Waals surface area contributed by atoms with Crippen LogP contribution in [-0.4, -0.2) is 43.6 Å². The lowest BCUT2D eigenvalue weighted by Crippen LogP contribution is -2.26. The minimum Gasteiger partial charge on any atom is -0.380 e. The SMILES string of the molecule is Cn1ccc2ccc(-c3cc(N[C@H]4CCN(c5ccncn5)C4)cc4nccnc34)cc21. The minimum absolute atomic E-state index is 0.335. The van der Waals surface area contributed by atoms with E-state index < -0.39 is 0 Å². The van der Waals surface area contributed by atoms with Crippen LogP contribution in [0.5, 0.6) is 0 Å². The average molecular weight is 422 g/mol. The molecule has 0 aliphatic carbocycles. The fourth-order valence-electron chi connectivity index (χ4n) is 4.60. The van der Waals surface area contributed by atoms with E-state index in [1.54, 1.807) is 24.9 Å². The number of benzene rings is 2. The molecule has 32 heavy (non-hydrogen) atoms. The van der Waals surface area contributed by atoms with Gasteiger partial charge in [0.1, 0.15) is 12.1 Å². The first-order valence-corrected chi connectivity index (χ1v) is 10.8. The van der Waals surface area contributed by atoms with Crippen molar-refractivity contribution < 1.29 is 0 Å². The lowest BCUT2D eigenvalue weighted by atomic mass is 10.0. The highest BCUT2D eigenvalue weighted by atomic mass is 15.2. The van der Waals surface area contributed by atoms with Crippen LogP contribution in [0.15, 0.2) is 73.6 Å². The molecule has 0 amide bonds. The standard InChI is InChI=1S/C25H23N7/c1-31-10-5-17-2-3-18(12-23(17)31)21-13-20(14-22-25(21)28-9-8-27-22)30-19-6-11-32(15-19)24-4-7-26-16-29-24/h2-5,7-10,12-14,16,19,30H,6,11,15H2,1H3/t19-/m0/s1. The molecule has 4 heterocycles. The van der Waals surface area contributed by atoms with Crippen molar-refractivity contribution in [3.05, 3.63) is 73.6 Å². The van der Waals surface area contributed by atoms with Crippen LogP contribution in [0.1, 0.15) is 6.42 Å². The average Bonchev–Trinajstić information content (AvgIpc) is 3.46. The van der Waals surface area contributed by atoms with Crippen LogP contribution in [-0.2, 0) is 7.05 Å². The summed E-state index contributed by atoms with van der Waals surface area (Å²) in [4.78, 5) is 20.0. The van der Waals surface area contributed by atoms with Crippen LogP contribution >= 0.6 is 0 Å². The number of hydrogen-bond donors (Lipinski definition) is 1. The highest BCUT2D eigenvalue weighted by Gasteiger charge is 2.23. The zero-order valence-electron chi connectivity index (χ0n) is 17.8. The lowest BCUT2D eigenvalue weighted by Gasteiger charge is -2.19. The number of aromatic nitrogens is 5. The Hall–Kier alpha value is -4.00. The second kappa shape index (κ2) is 7.60. The third-order valence-electron chi connectivity index (χ3n) is 6.22. The van der Waals surface area contributed by atoms with Crippen LogP contribution in [0.4, 0.5) is 11.5 Å². The Morgan fingerprint density at radius 3 is 2.81 bits per heavy atom. The van der Waals surface area contributed by atoms with E-state index in [-0.39, 0.29) is 0 Å². The molecular weight excluding hydrogens is 398 g/mol. The number of fused-ring (bicyclic) bond motifs is 2. The zero-order valence-corrected chi connectivity index (χ0v) is 17.8. The molecule has 0 unspecified atom stereocenters. The topological polar surface area (TPSA) is 71.8 Å². The zero-order chi connectivity index (χ0) is 21.5. The normalized spacial score (nSPS) is 16.2. The van der Waals surface area contributed by atoms with Crippen molar-refractivity contribution in [3.63, 3.8) is 0 Å². The Kier molecular flexibility index (Phi) is 4.45. The van der Waals surface area contributed by atoms with Crippen molar-refractivity contribution in [1.29, 1.82) is 0 Å². The van der Waals surface area contributed by atoms with Crippen molar-refractivity contribution in [2.24, 2.45) is 7.05 Å². The van der Waals surface area contributed by atoms with Gasteiger partial charge in [-0.25, -0.2) is 9.97 Å². The molecule has 1 aliphatic rings. The third kappa shape index (κ3) is 3.32. The van der Waals surface area contributed by atoms with Gasteiger partial charge in [0.25, 0.3) is 0 Å². The molecule has 0 saturated carbocycles. The minimum atomic E-state index is 0.335. The Morgan fingerprint density at radius 1 is 0.969 bits per heavy atom. The van der Waals surface area contributed by atoms with Gasteiger partial charge in [-0.2, -0.15) is 0 Å². The molecule has 0 radical (unpaired) electrons. The van der Waals surface area contributed by atoms with Gasteiger partial charge in [0.2, 0.25) is 0 Å². The molecule has 2 aromatic carbocycles. The monoisotopic (exact) mass is 421 g/mol. The van der Waals surface area contributed by atoms with Crippen molar-refractivity contribution in [1.82, 2.24) is 24.5 Å². The van der Waals surface area contributed by atoms with Crippen LogP contribution in [0, 0.1) is 0 Å². The molecule has 1 atom stereocenters. The summed E-state index contributed by atoms with van der Waals surface area (Å²) in [5.74, 6) is 0.977. The summed E-state index contributed by atoms with van der Waals surface area (Å²) in [5.41, 5.74) is 6.31. The molecule has 1 N–H and O–H groups in total. The molecule has 1 aliphatic heterocycles. The van der Waals surface area contributed by atoms with Crippen LogP contribution in [0.25, 0.3) is 33.1 Å². The quantitative estimate of drug-likeness (QED) is 0.467. The van der Waals surface area contributed by atoms with Crippen molar-refractivity contribution >= 4 is 33.4 Å². The summed E-state index contributed by atoms with van der Waals surface area (Å²) in [6.07, 6.45) is 10.1. The molecule has 6 rings (SSSR count). The molecule has 0 bridgehead atoms. The number of anilines is 2. The van der Waals surface area contributed by atoms with Gasteiger partial charge < -0.3 is 14.8 Å². The molecule has 3 aromatic heterocycles. The van der Waals surface area contributed by atoms with E-state index in [1.165, 1.54) is 10.9 Å². The van der Waals surface area contributed by atoms with E-state index in [1.807, 2.05) is 6.07 Å². The maximum absolute atomic E-state index is 4.65. The molecule has 1 saturated heterocycles. The smallest absolute Gasteiger partial charge is 0.131 e. The molecule has 1 fully saturated rings. The van der Waals surface area contributed by atoms with Gasteiger partial charge in [-0.1, -0.05) is 12.1 Å². The second-order valence-electron chi connectivity index (χ2n) is 8.29. The first-order valence-electron chi connectivity index (χ1n) is 10.8. The first-order chi connectivity index (χ1) is 15.7. The highest BCUT2D eigenvalue weighted by molar-refractivity contribution is 5.97. The molecule has 158 valence electrons. The first kappa shape index (κ1) is 18.7. The molecule has 7 heteroatoms. The number of aryl methyl sites for hydroxylation is 1. The van der Waals surface area contributed by atoms with E-state index in [9.17, 15) is 0 Å².